The van der Waals surface area contributed by atoms with Crippen LogP contribution in [0.2, 0.25) is 0 Å². The van der Waals surface area contributed by atoms with E-state index in [4.69, 9.17) is 29.2 Å². The minimum atomic E-state index is -4.51. The van der Waals surface area contributed by atoms with Gasteiger partial charge in [0, 0.05) is 6.61 Å². The van der Waals surface area contributed by atoms with E-state index < -0.39 is 27.6 Å². The summed E-state index contributed by atoms with van der Waals surface area (Å²) in [5, 5.41) is 17.0. The first-order valence-corrected chi connectivity index (χ1v) is 10.2. The van der Waals surface area contributed by atoms with Crippen LogP contribution in [0.15, 0.2) is 0 Å². The molecule has 2 N–H and O–H groups in total. The second kappa shape index (κ2) is 16.5. The van der Waals surface area contributed by atoms with Crippen molar-refractivity contribution < 1.29 is 71.7 Å². The zero-order chi connectivity index (χ0) is 20.2. The third kappa shape index (κ3) is 18.4. The van der Waals surface area contributed by atoms with Crippen LogP contribution >= 0.6 is 0 Å². The molecular weight excluding hydrogens is 391 g/mol. The SMILES string of the molecule is CC(O)COC(C)COCCC(COCC(C)OCC(C)O)S(=O)(=O)[O-].[Na+]. The molecular formula is C16H33NaO9S. The molecule has 5 atom stereocenters. The summed E-state index contributed by atoms with van der Waals surface area (Å²) in [6, 6.07) is 0. The van der Waals surface area contributed by atoms with E-state index in [9.17, 15) is 13.0 Å². The van der Waals surface area contributed by atoms with Gasteiger partial charge in [-0.25, -0.2) is 8.42 Å². The standard InChI is InChI=1S/C16H34O9S.Na/c1-12(17)7-24-14(3)9-22-6-5-16(26(19,20)21)11-23-10-15(4)25-8-13(2)18;/h12-18H,5-11H2,1-4H3,(H,19,20,21);/q;+1/p-1. The zero-order valence-corrected chi connectivity index (χ0v) is 19.8. The van der Waals surface area contributed by atoms with Crippen LogP contribution in [0.3, 0.4) is 0 Å². The number of aliphatic hydroxyl groups is 2. The van der Waals surface area contributed by atoms with E-state index in [0.717, 1.165) is 0 Å². The molecule has 0 aromatic rings. The van der Waals surface area contributed by atoms with Gasteiger partial charge in [0.05, 0.1) is 72.8 Å². The topological polar surface area (TPSA) is 135 Å². The van der Waals surface area contributed by atoms with E-state index in [2.05, 4.69) is 0 Å². The normalized spacial score (nSPS) is 17.6. The van der Waals surface area contributed by atoms with Gasteiger partial charge in [-0.2, -0.15) is 0 Å². The molecule has 0 spiro atoms. The summed E-state index contributed by atoms with van der Waals surface area (Å²) in [7, 11) is -4.51. The molecule has 0 fully saturated rings. The maximum atomic E-state index is 11.3. The predicted molar refractivity (Wildman–Crippen MR) is 93.9 cm³/mol. The van der Waals surface area contributed by atoms with Crippen LogP contribution in [0.25, 0.3) is 0 Å². The van der Waals surface area contributed by atoms with Gasteiger partial charge >= 0.3 is 29.6 Å². The van der Waals surface area contributed by atoms with Crippen molar-refractivity contribution in [3.63, 3.8) is 0 Å². The van der Waals surface area contributed by atoms with Crippen molar-refractivity contribution in [3.8, 4) is 0 Å². The van der Waals surface area contributed by atoms with Crippen molar-refractivity contribution in [1.29, 1.82) is 0 Å². The first kappa shape index (κ1) is 29.9. The fourth-order valence-corrected chi connectivity index (χ4v) is 2.49. The van der Waals surface area contributed by atoms with Gasteiger partial charge in [-0.05, 0) is 34.1 Å². The third-order valence-electron chi connectivity index (χ3n) is 3.25. The largest absolute Gasteiger partial charge is 1.00 e. The Bertz CT molecular complexity index is 445. The Balaban J connectivity index is 0. The molecule has 0 saturated heterocycles. The number of hydrogen-bond donors (Lipinski definition) is 2. The Morgan fingerprint density at radius 3 is 1.67 bits per heavy atom. The van der Waals surface area contributed by atoms with Crippen LogP contribution in [-0.2, 0) is 29.1 Å². The molecule has 0 saturated carbocycles. The first-order valence-electron chi connectivity index (χ1n) is 8.71. The van der Waals surface area contributed by atoms with Gasteiger partial charge in [-0.3, -0.25) is 0 Å². The Labute approximate surface area is 184 Å². The number of ether oxygens (including phenoxy) is 4. The van der Waals surface area contributed by atoms with Crippen LogP contribution in [0.1, 0.15) is 34.1 Å². The smallest absolute Gasteiger partial charge is 0.748 e. The summed E-state index contributed by atoms with van der Waals surface area (Å²) in [6.07, 6.45) is -1.75. The molecule has 0 heterocycles. The molecule has 0 aliphatic rings. The third-order valence-corrected chi connectivity index (χ3v) is 4.43. The monoisotopic (exact) mass is 424 g/mol. The Kier molecular flexibility index (Phi) is 18.2. The first-order chi connectivity index (χ1) is 12.0. The molecule has 0 aliphatic heterocycles. The van der Waals surface area contributed by atoms with Crippen molar-refractivity contribution in [2.24, 2.45) is 0 Å². The molecule has 0 amide bonds. The fraction of sp³-hybridized carbons (Fsp3) is 1.00. The van der Waals surface area contributed by atoms with E-state index >= 15 is 0 Å². The van der Waals surface area contributed by atoms with Gasteiger partial charge < -0.3 is 33.7 Å². The molecule has 0 aromatic heterocycles. The molecule has 9 nitrogen and oxygen atoms in total. The van der Waals surface area contributed by atoms with E-state index in [0.29, 0.717) is 0 Å². The Hall–Kier alpha value is 0.670. The van der Waals surface area contributed by atoms with E-state index in [1.54, 1.807) is 27.7 Å². The molecule has 0 rings (SSSR count). The van der Waals surface area contributed by atoms with Crippen LogP contribution < -0.4 is 29.6 Å². The predicted octanol–water partition coefficient (Wildman–Crippen LogP) is -3.10. The quantitative estimate of drug-likeness (QED) is 0.150. The molecule has 27 heavy (non-hydrogen) atoms. The Morgan fingerprint density at radius 2 is 1.26 bits per heavy atom. The van der Waals surface area contributed by atoms with Crippen molar-refractivity contribution >= 4 is 10.1 Å². The Morgan fingerprint density at radius 1 is 0.815 bits per heavy atom. The van der Waals surface area contributed by atoms with Crippen molar-refractivity contribution in [2.45, 2.75) is 63.8 Å². The average molecular weight is 424 g/mol. The van der Waals surface area contributed by atoms with Crippen molar-refractivity contribution in [1.82, 2.24) is 0 Å². The molecule has 158 valence electrons. The summed E-state index contributed by atoms with van der Waals surface area (Å²) >= 11 is 0. The number of hydrogen-bond acceptors (Lipinski definition) is 9. The average Bonchev–Trinajstić information content (AvgIpc) is 2.51. The second-order valence-corrected chi connectivity index (χ2v) is 8.15. The molecule has 0 aliphatic carbocycles. The van der Waals surface area contributed by atoms with E-state index in [-0.39, 0.29) is 87.8 Å². The van der Waals surface area contributed by atoms with Crippen molar-refractivity contribution in [3.05, 3.63) is 0 Å². The molecule has 0 aromatic carbocycles. The summed E-state index contributed by atoms with van der Waals surface area (Å²) in [5.74, 6) is 0. The van der Waals surface area contributed by atoms with Crippen LogP contribution in [-0.4, -0.2) is 92.5 Å². The van der Waals surface area contributed by atoms with Crippen LogP contribution in [0, 0.1) is 0 Å². The maximum absolute atomic E-state index is 11.3. The molecule has 0 bridgehead atoms. The van der Waals surface area contributed by atoms with Crippen molar-refractivity contribution in [2.75, 3.05) is 39.6 Å². The minimum absolute atomic E-state index is 0. The van der Waals surface area contributed by atoms with Gasteiger partial charge in [0.15, 0.2) is 0 Å². The zero-order valence-electron chi connectivity index (χ0n) is 17.0. The van der Waals surface area contributed by atoms with Crippen LogP contribution in [0.5, 0.6) is 0 Å². The maximum Gasteiger partial charge on any atom is 1.00 e. The van der Waals surface area contributed by atoms with Gasteiger partial charge in [0.2, 0.25) is 0 Å². The number of rotatable bonds is 16. The van der Waals surface area contributed by atoms with E-state index in [1.807, 2.05) is 0 Å². The van der Waals surface area contributed by atoms with E-state index in [1.165, 1.54) is 0 Å². The molecule has 0 radical (unpaired) electrons. The van der Waals surface area contributed by atoms with Gasteiger partial charge in [0.1, 0.15) is 0 Å². The summed E-state index contributed by atoms with van der Waals surface area (Å²) in [4.78, 5) is 0. The van der Waals surface area contributed by atoms with Gasteiger partial charge in [0.25, 0.3) is 0 Å². The number of aliphatic hydroxyl groups excluding tert-OH is 2. The van der Waals surface area contributed by atoms with Gasteiger partial charge in [-0.1, -0.05) is 0 Å². The van der Waals surface area contributed by atoms with Crippen LogP contribution in [0.4, 0.5) is 0 Å². The summed E-state index contributed by atoms with van der Waals surface area (Å²) < 4.78 is 55.1. The summed E-state index contributed by atoms with van der Waals surface area (Å²) in [6.45, 7) is 7.19. The van der Waals surface area contributed by atoms with Gasteiger partial charge in [-0.15, -0.1) is 0 Å². The minimum Gasteiger partial charge on any atom is -0.748 e. The molecule has 5 unspecified atom stereocenters. The summed E-state index contributed by atoms with van der Waals surface area (Å²) in [5.41, 5.74) is 0. The molecule has 11 heteroatoms. The second-order valence-electron chi connectivity index (χ2n) is 6.50. The fourth-order valence-electron chi connectivity index (χ4n) is 1.84.